The molecule has 0 amide bonds. The van der Waals surface area contributed by atoms with E-state index in [0.29, 0.717) is 16.9 Å². The third-order valence-corrected chi connectivity index (χ3v) is 4.13. The third kappa shape index (κ3) is 2.63. The molecule has 0 unspecified atom stereocenters. The largest absolute Gasteiger partial charge is 0.477 e. The summed E-state index contributed by atoms with van der Waals surface area (Å²) in [4.78, 5) is 29.2. The van der Waals surface area contributed by atoms with Crippen molar-refractivity contribution in [2.24, 2.45) is 0 Å². The molecule has 0 aliphatic carbocycles. The molecule has 4 rings (SSSR count). The van der Waals surface area contributed by atoms with E-state index < -0.39 is 5.97 Å². The SMILES string of the molecule is Cc1cccc(Nc2[nH]c(C(=O)O)cc3c2[nH]c2cc(=O)ccc23)c1. The highest BCUT2D eigenvalue weighted by atomic mass is 16.4. The molecule has 0 bridgehead atoms. The molecule has 0 atom stereocenters. The Balaban J connectivity index is 1.99. The van der Waals surface area contributed by atoms with Crippen molar-refractivity contribution in [1.82, 2.24) is 9.97 Å². The Labute approximate surface area is 142 Å². The van der Waals surface area contributed by atoms with Gasteiger partial charge in [0.15, 0.2) is 5.43 Å². The van der Waals surface area contributed by atoms with E-state index in [9.17, 15) is 14.7 Å². The number of hydrogen-bond acceptors (Lipinski definition) is 3. The number of rotatable bonds is 3. The van der Waals surface area contributed by atoms with Crippen molar-refractivity contribution < 1.29 is 9.90 Å². The van der Waals surface area contributed by atoms with Gasteiger partial charge in [-0.25, -0.2) is 4.79 Å². The van der Waals surface area contributed by atoms with Gasteiger partial charge in [-0.1, -0.05) is 12.1 Å². The van der Waals surface area contributed by atoms with E-state index in [1.54, 1.807) is 12.1 Å². The predicted molar refractivity (Wildman–Crippen MR) is 97.8 cm³/mol. The summed E-state index contributed by atoms with van der Waals surface area (Å²) in [7, 11) is 0. The summed E-state index contributed by atoms with van der Waals surface area (Å²) >= 11 is 0. The zero-order valence-corrected chi connectivity index (χ0v) is 13.4. The quantitative estimate of drug-likeness (QED) is 0.459. The molecule has 25 heavy (non-hydrogen) atoms. The van der Waals surface area contributed by atoms with Crippen LogP contribution in [-0.2, 0) is 0 Å². The van der Waals surface area contributed by atoms with Crippen LogP contribution in [0, 0.1) is 6.92 Å². The Morgan fingerprint density at radius 3 is 2.64 bits per heavy atom. The number of aromatic amines is 2. The van der Waals surface area contributed by atoms with Crippen molar-refractivity contribution in [1.29, 1.82) is 0 Å². The molecule has 0 radical (unpaired) electrons. The number of aromatic carboxylic acids is 1. The van der Waals surface area contributed by atoms with Crippen LogP contribution >= 0.6 is 0 Å². The van der Waals surface area contributed by atoms with Gasteiger partial charge in [-0.15, -0.1) is 0 Å². The summed E-state index contributed by atoms with van der Waals surface area (Å²) in [6.07, 6.45) is 0. The summed E-state index contributed by atoms with van der Waals surface area (Å²) in [5.74, 6) is -0.520. The third-order valence-electron chi connectivity index (χ3n) is 4.13. The summed E-state index contributed by atoms with van der Waals surface area (Å²) in [5, 5.41) is 14.2. The van der Waals surface area contributed by atoms with Crippen LogP contribution < -0.4 is 10.7 Å². The van der Waals surface area contributed by atoms with E-state index >= 15 is 0 Å². The van der Waals surface area contributed by atoms with Crippen LogP contribution in [0.5, 0.6) is 0 Å². The van der Waals surface area contributed by atoms with Gasteiger partial charge in [0, 0.05) is 22.5 Å². The number of fused-ring (bicyclic) bond motifs is 3. The average molecular weight is 333 g/mol. The van der Waals surface area contributed by atoms with Gasteiger partial charge >= 0.3 is 5.97 Å². The second kappa shape index (κ2) is 5.52. The molecule has 0 aliphatic rings. The van der Waals surface area contributed by atoms with Gasteiger partial charge in [0.05, 0.1) is 11.0 Å². The molecule has 0 fully saturated rings. The number of anilines is 2. The van der Waals surface area contributed by atoms with Crippen molar-refractivity contribution in [3.63, 3.8) is 0 Å². The number of carboxylic acids is 1. The average Bonchev–Trinajstić information content (AvgIpc) is 2.92. The van der Waals surface area contributed by atoms with Crippen molar-refractivity contribution in [2.45, 2.75) is 6.92 Å². The fraction of sp³-hybridized carbons (Fsp3) is 0.0526. The molecule has 0 aliphatic heterocycles. The minimum atomic E-state index is -1.05. The standard InChI is InChI=1S/C19H15N3O3/c1-10-3-2-4-11(7-10)20-18-17-14(9-16(22-18)19(24)25)13-6-5-12(23)8-15(13)21-17/h2-9,20-22H,1H3,(H,24,25). The number of pyridine rings is 1. The van der Waals surface area contributed by atoms with Crippen molar-refractivity contribution in [2.75, 3.05) is 5.32 Å². The molecule has 0 saturated heterocycles. The van der Waals surface area contributed by atoms with E-state index in [1.807, 2.05) is 31.2 Å². The molecule has 2 heterocycles. The molecule has 6 heteroatoms. The van der Waals surface area contributed by atoms with Gasteiger partial charge < -0.3 is 20.4 Å². The number of nitrogens with one attached hydrogen (secondary N) is 3. The fourth-order valence-corrected chi connectivity index (χ4v) is 3.00. The van der Waals surface area contributed by atoms with E-state index in [2.05, 4.69) is 15.3 Å². The molecule has 0 saturated carbocycles. The highest BCUT2D eigenvalue weighted by Crippen LogP contribution is 2.31. The predicted octanol–water partition coefficient (Wildman–Crippen LogP) is 3.76. The van der Waals surface area contributed by atoms with Crippen LogP contribution in [0.3, 0.4) is 0 Å². The van der Waals surface area contributed by atoms with Crippen LogP contribution in [-0.4, -0.2) is 21.0 Å². The fourth-order valence-electron chi connectivity index (χ4n) is 3.00. The zero-order chi connectivity index (χ0) is 17.6. The second-order valence-corrected chi connectivity index (χ2v) is 5.98. The summed E-state index contributed by atoms with van der Waals surface area (Å²) in [6, 6.07) is 14.0. The molecule has 0 spiro atoms. The van der Waals surface area contributed by atoms with Crippen LogP contribution in [0.25, 0.3) is 21.8 Å². The monoisotopic (exact) mass is 333 g/mol. The van der Waals surface area contributed by atoms with Gasteiger partial charge in [0.2, 0.25) is 0 Å². The normalized spacial score (nSPS) is 11.1. The van der Waals surface area contributed by atoms with Crippen LogP contribution in [0.15, 0.2) is 53.3 Å². The molecule has 4 N–H and O–H groups in total. The zero-order valence-electron chi connectivity index (χ0n) is 13.4. The number of benzene rings is 2. The number of hydrogen-bond donors (Lipinski definition) is 4. The first-order chi connectivity index (χ1) is 12.0. The first kappa shape index (κ1) is 15.0. The molecule has 6 nitrogen and oxygen atoms in total. The number of H-pyrrole nitrogens is 2. The minimum absolute atomic E-state index is 0.0646. The lowest BCUT2D eigenvalue weighted by atomic mass is 10.1. The highest BCUT2D eigenvalue weighted by Gasteiger charge is 2.14. The van der Waals surface area contributed by atoms with Gasteiger partial charge in [-0.3, -0.25) is 4.79 Å². The molecular formula is C19H15N3O3. The lowest BCUT2D eigenvalue weighted by molar-refractivity contribution is 0.0691. The van der Waals surface area contributed by atoms with E-state index in [0.717, 1.165) is 22.0 Å². The maximum absolute atomic E-state index is 11.6. The highest BCUT2D eigenvalue weighted by molar-refractivity contribution is 6.12. The van der Waals surface area contributed by atoms with E-state index in [4.69, 9.17) is 0 Å². The molecule has 4 aromatic rings. The van der Waals surface area contributed by atoms with E-state index in [1.165, 1.54) is 12.1 Å². The molecular weight excluding hydrogens is 318 g/mol. The summed E-state index contributed by atoms with van der Waals surface area (Å²) in [5.41, 5.74) is 3.27. The Morgan fingerprint density at radius 2 is 1.88 bits per heavy atom. The van der Waals surface area contributed by atoms with Gasteiger partial charge in [-0.2, -0.15) is 0 Å². The maximum Gasteiger partial charge on any atom is 0.352 e. The molecule has 2 aromatic heterocycles. The van der Waals surface area contributed by atoms with Crippen molar-refractivity contribution in [3.05, 3.63) is 70.0 Å². The van der Waals surface area contributed by atoms with Gasteiger partial charge in [0.25, 0.3) is 0 Å². The van der Waals surface area contributed by atoms with Gasteiger partial charge in [-0.05, 0) is 42.8 Å². The lowest BCUT2D eigenvalue weighted by Crippen LogP contribution is -2.04. The Bertz CT molecular complexity index is 1190. The Kier molecular flexibility index (Phi) is 3.32. The molecule has 124 valence electrons. The maximum atomic E-state index is 11.6. The number of carbonyl (C=O) groups is 1. The van der Waals surface area contributed by atoms with Crippen LogP contribution in [0.4, 0.5) is 11.5 Å². The number of aryl methyl sites for hydroxylation is 1. The number of carboxylic acid groups (broad SMARTS) is 1. The second-order valence-electron chi connectivity index (χ2n) is 5.98. The van der Waals surface area contributed by atoms with Crippen LogP contribution in [0.2, 0.25) is 0 Å². The Morgan fingerprint density at radius 1 is 1.04 bits per heavy atom. The number of aromatic nitrogens is 2. The first-order valence-corrected chi connectivity index (χ1v) is 7.77. The Hall–Kier alpha value is -3.54. The molecule has 2 aromatic carbocycles. The first-order valence-electron chi connectivity index (χ1n) is 7.77. The minimum Gasteiger partial charge on any atom is -0.477 e. The summed E-state index contributed by atoms with van der Waals surface area (Å²) in [6.45, 7) is 1.98. The van der Waals surface area contributed by atoms with Crippen molar-refractivity contribution in [3.8, 4) is 0 Å². The smallest absolute Gasteiger partial charge is 0.352 e. The topological polar surface area (TPSA) is 98.0 Å². The van der Waals surface area contributed by atoms with Crippen molar-refractivity contribution >= 4 is 39.3 Å². The van der Waals surface area contributed by atoms with Gasteiger partial charge in [0.1, 0.15) is 11.5 Å². The van der Waals surface area contributed by atoms with Crippen LogP contribution in [0.1, 0.15) is 16.1 Å². The lowest BCUT2D eigenvalue weighted by Gasteiger charge is -2.10. The van der Waals surface area contributed by atoms with E-state index in [-0.39, 0.29) is 11.1 Å². The summed E-state index contributed by atoms with van der Waals surface area (Å²) < 4.78 is 0.